The molecule has 1 unspecified atom stereocenters. The second kappa shape index (κ2) is 7.38. The van der Waals surface area contributed by atoms with E-state index in [9.17, 15) is 4.79 Å². The van der Waals surface area contributed by atoms with Crippen molar-refractivity contribution in [3.63, 3.8) is 0 Å². The Balaban J connectivity index is 2.46. The fourth-order valence-corrected chi connectivity index (χ4v) is 2.00. The number of hydrogen-bond acceptors (Lipinski definition) is 2. The summed E-state index contributed by atoms with van der Waals surface area (Å²) in [6.45, 7) is 4.23. The van der Waals surface area contributed by atoms with Gasteiger partial charge in [0.2, 0.25) is 0 Å². The van der Waals surface area contributed by atoms with Crippen LogP contribution >= 0.6 is 12.6 Å². The Labute approximate surface area is 109 Å². The molecule has 0 saturated carbocycles. The van der Waals surface area contributed by atoms with Crippen LogP contribution in [-0.4, -0.2) is 11.9 Å². The van der Waals surface area contributed by atoms with E-state index >= 15 is 0 Å². The minimum atomic E-state index is -0.0281. The van der Waals surface area contributed by atoms with Crippen molar-refractivity contribution in [2.24, 2.45) is 0 Å². The molecule has 0 spiro atoms. The Bertz CT molecular complexity index is 365. The van der Waals surface area contributed by atoms with Gasteiger partial charge in [0, 0.05) is 10.9 Å². The number of rotatable bonds is 6. The number of carbonyl (C=O) groups is 1. The molecular weight excluding hydrogens is 230 g/mol. The molecule has 17 heavy (non-hydrogen) atoms. The number of hydrogen-bond donors (Lipinski definition) is 2. The summed E-state index contributed by atoms with van der Waals surface area (Å²) in [4.78, 5) is 12.7. The van der Waals surface area contributed by atoms with Crippen molar-refractivity contribution < 1.29 is 4.79 Å². The van der Waals surface area contributed by atoms with Gasteiger partial charge in [0.15, 0.2) is 0 Å². The number of amides is 1. The molecule has 1 aromatic carbocycles. The lowest BCUT2D eigenvalue weighted by molar-refractivity contribution is 0.0935. The standard InChI is InChI=1S/C14H21NOS/c1-3-4-5-8-11(2)15-14(16)12-9-6-7-10-13(12)17/h6-7,9-11,17H,3-5,8H2,1-2H3,(H,15,16). The van der Waals surface area contributed by atoms with Crippen LogP contribution in [0, 0.1) is 0 Å². The molecule has 3 heteroatoms. The van der Waals surface area contributed by atoms with E-state index < -0.39 is 0 Å². The van der Waals surface area contributed by atoms with E-state index in [1.165, 1.54) is 19.3 Å². The van der Waals surface area contributed by atoms with Crippen LogP contribution in [0.1, 0.15) is 49.9 Å². The second-order valence-corrected chi connectivity index (χ2v) is 4.87. The van der Waals surface area contributed by atoms with Gasteiger partial charge in [0.1, 0.15) is 0 Å². The van der Waals surface area contributed by atoms with Gasteiger partial charge in [-0.1, -0.05) is 38.3 Å². The third-order valence-corrected chi connectivity index (χ3v) is 3.16. The zero-order valence-corrected chi connectivity index (χ0v) is 11.5. The highest BCUT2D eigenvalue weighted by Gasteiger charge is 2.11. The Hall–Kier alpha value is -0.960. The molecule has 1 amide bonds. The molecule has 94 valence electrons. The Morgan fingerprint density at radius 3 is 2.71 bits per heavy atom. The van der Waals surface area contributed by atoms with E-state index in [1.807, 2.05) is 18.2 Å². The monoisotopic (exact) mass is 251 g/mol. The first kappa shape index (κ1) is 14.1. The van der Waals surface area contributed by atoms with Gasteiger partial charge in [0.05, 0.1) is 5.56 Å². The van der Waals surface area contributed by atoms with Gasteiger partial charge in [-0.2, -0.15) is 0 Å². The second-order valence-electron chi connectivity index (χ2n) is 4.39. The molecule has 1 atom stereocenters. The van der Waals surface area contributed by atoms with Crippen molar-refractivity contribution in [3.05, 3.63) is 29.8 Å². The molecule has 0 saturated heterocycles. The molecule has 0 aliphatic rings. The quantitative estimate of drug-likeness (QED) is 0.586. The average Bonchev–Trinajstić information content (AvgIpc) is 2.29. The number of benzene rings is 1. The summed E-state index contributed by atoms with van der Waals surface area (Å²) in [7, 11) is 0. The summed E-state index contributed by atoms with van der Waals surface area (Å²) in [6.07, 6.45) is 4.64. The summed E-state index contributed by atoms with van der Waals surface area (Å²) >= 11 is 4.28. The average molecular weight is 251 g/mol. The van der Waals surface area contributed by atoms with Crippen molar-refractivity contribution in [3.8, 4) is 0 Å². The summed E-state index contributed by atoms with van der Waals surface area (Å²) < 4.78 is 0. The maximum atomic E-state index is 11.9. The molecule has 2 nitrogen and oxygen atoms in total. The van der Waals surface area contributed by atoms with Crippen molar-refractivity contribution in [2.45, 2.75) is 50.5 Å². The van der Waals surface area contributed by atoms with Crippen LogP contribution in [0.25, 0.3) is 0 Å². The molecule has 0 heterocycles. The van der Waals surface area contributed by atoms with Crippen LogP contribution in [0.5, 0.6) is 0 Å². The number of carbonyl (C=O) groups excluding carboxylic acids is 1. The molecule has 0 aliphatic heterocycles. The molecule has 0 radical (unpaired) electrons. The first-order valence-electron chi connectivity index (χ1n) is 6.24. The van der Waals surface area contributed by atoms with Gasteiger partial charge < -0.3 is 5.32 Å². The highest BCUT2D eigenvalue weighted by molar-refractivity contribution is 7.80. The maximum absolute atomic E-state index is 11.9. The number of thiol groups is 1. The van der Waals surface area contributed by atoms with E-state index in [0.717, 1.165) is 11.3 Å². The zero-order chi connectivity index (χ0) is 12.7. The van der Waals surface area contributed by atoms with E-state index in [-0.39, 0.29) is 11.9 Å². The van der Waals surface area contributed by atoms with Crippen molar-refractivity contribution in [2.75, 3.05) is 0 Å². The normalized spacial score (nSPS) is 12.2. The number of unbranched alkanes of at least 4 members (excludes halogenated alkanes) is 2. The van der Waals surface area contributed by atoms with Crippen LogP contribution in [0.15, 0.2) is 29.2 Å². The SMILES string of the molecule is CCCCCC(C)NC(=O)c1ccccc1S. The molecule has 1 N–H and O–H groups in total. The molecule has 0 aromatic heterocycles. The van der Waals surface area contributed by atoms with Gasteiger partial charge in [-0.05, 0) is 25.5 Å². The van der Waals surface area contributed by atoms with Crippen LogP contribution in [-0.2, 0) is 0 Å². The molecule has 0 fully saturated rings. The molecule has 0 bridgehead atoms. The van der Waals surface area contributed by atoms with E-state index in [4.69, 9.17) is 0 Å². The predicted molar refractivity (Wildman–Crippen MR) is 74.8 cm³/mol. The van der Waals surface area contributed by atoms with E-state index in [1.54, 1.807) is 6.07 Å². The van der Waals surface area contributed by atoms with E-state index in [2.05, 4.69) is 31.8 Å². The third-order valence-electron chi connectivity index (χ3n) is 2.77. The Morgan fingerprint density at radius 1 is 1.35 bits per heavy atom. The molecule has 1 aromatic rings. The minimum absolute atomic E-state index is 0.0281. The van der Waals surface area contributed by atoms with Crippen molar-refractivity contribution >= 4 is 18.5 Å². The van der Waals surface area contributed by atoms with E-state index in [0.29, 0.717) is 5.56 Å². The lowest BCUT2D eigenvalue weighted by Crippen LogP contribution is -2.32. The maximum Gasteiger partial charge on any atom is 0.252 e. The van der Waals surface area contributed by atoms with Gasteiger partial charge >= 0.3 is 0 Å². The Kier molecular flexibility index (Phi) is 6.12. The smallest absolute Gasteiger partial charge is 0.252 e. The van der Waals surface area contributed by atoms with Gasteiger partial charge in [-0.3, -0.25) is 4.79 Å². The molecule has 1 rings (SSSR count). The fraction of sp³-hybridized carbons (Fsp3) is 0.500. The summed E-state index contributed by atoms with van der Waals surface area (Å²) in [6, 6.07) is 7.60. The van der Waals surface area contributed by atoms with Crippen LogP contribution in [0.2, 0.25) is 0 Å². The van der Waals surface area contributed by atoms with Crippen LogP contribution in [0.3, 0.4) is 0 Å². The number of nitrogens with one attached hydrogen (secondary N) is 1. The summed E-state index contributed by atoms with van der Waals surface area (Å²) in [5.41, 5.74) is 0.651. The van der Waals surface area contributed by atoms with Gasteiger partial charge in [0.25, 0.3) is 5.91 Å². The highest BCUT2D eigenvalue weighted by atomic mass is 32.1. The minimum Gasteiger partial charge on any atom is -0.350 e. The van der Waals surface area contributed by atoms with Gasteiger partial charge in [-0.15, -0.1) is 12.6 Å². The third kappa shape index (κ3) is 4.82. The molecular formula is C14H21NOS. The summed E-state index contributed by atoms with van der Waals surface area (Å²) in [5, 5.41) is 3.01. The lowest BCUT2D eigenvalue weighted by atomic mass is 10.1. The lowest BCUT2D eigenvalue weighted by Gasteiger charge is -2.14. The highest BCUT2D eigenvalue weighted by Crippen LogP contribution is 2.13. The van der Waals surface area contributed by atoms with Crippen LogP contribution < -0.4 is 5.32 Å². The van der Waals surface area contributed by atoms with Crippen molar-refractivity contribution in [1.29, 1.82) is 0 Å². The van der Waals surface area contributed by atoms with Gasteiger partial charge in [-0.25, -0.2) is 0 Å². The first-order valence-corrected chi connectivity index (χ1v) is 6.68. The predicted octanol–water partition coefficient (Wildman–Crippen LogP) is 3.67. The van der Waals surface area contributed by atoms with Crippen molar-refractivity contribution in [1.82, 2.24) is 5.32 Å². The first-order chi connectivity index (χ1) is 8.15. The Morgan fingerprint density at radius 2 is 2.06 bits per heavy atom. The van der Waals surface area contributed by atoms with Crippen LogP contribution in [0.4, 0.5) is 0 Å². The molecule has 0 aliphatic carbocycles. The zero-order valence-electron chi connectivity index (χ0n) is 10.6. The topological polar surface area (TPSA) is 29.1 Å². The largest absolute Gasteiger partial charge is 0.350 e. The fourth-order valence-electron chi connectivity index (χ4n) is 1.74. The summed E-state index contributed by atoms with van der Waals surface area (Å²) in [5.74, 6) is -0.0281.